The first kappa shape index (κ1) is 41.5. The van der Waals surface area contributed by atoms with Gasteiger partial charge in [0.2, 0.25) is 0 Å². The van der Waals surface area contributed by atoms with Gasteiger partial charge in [0.15, 0.2) is 41.7 Å². The first-order valence-corrected chi connectivity index (χ1v) is 17.3. The van der Waals surface area contributed by atoms with E-state index in [1.807, 2.05) is 0 Å². The van der Waals surface area contributed by atoms with Crippen LogP contribution in [0.15, 0.2) is 42.5 Å². The molecule has 0 amide bonds. The first-order chi connectivity index (χ1) is 25.7. The maximum absolute atomic E-state index is 13.4. The molecule has 54 heavy (non-hydrogen) atoms. The van der Waals surface area contributed by atoms with Gasteiger partial charge in [-0.15, -0.1) is 0 Å². The zero-order valence-corrected chi connectivity index (χ0v) is 29.7. The van der Waals surface area contributed by atoms with Crippen molar-refractivity contribution in [1.29, 1.82) is 0 Å². The Morgan fingerprint density at radius 3 is 2.22 bits per heavy atom. The number of hydrogen-bond donors (Lipinski definition) is 9. The highest BCUT2D eigenvalue weighted by Gasteiger charge is 2.53. The molecule has 14 atom stereocenters. The Balaban J connectivity index is 1.44. The maximum atomic E-state index is 13.4. The second-order valence-electron chi connectivity index (χ2n) is 13.3. The molecule has 5 rings (SSSR count). The van der Waals surface area contributed by atoms with Crippen LogP contribution in [0.4, 0.5) is 0 Å². The molecule has 300 valence electrons. The van der Waals surface area contributed by atoms with Crippen LogP contribution >= 0.6 is 0 Å². The molecule has 0 unspecified atom stereocenters. The Kier molecular flexibility index (Phi) is 14.1. The number of rotatable bonds is 13. The average molecular weight is 769 g/mol. The highest BCUT2D eigenvalue weighted by Crippen LogP contribution is 2.35. The molecular formula is C36H48O18. The summed E-state index contributed by atoms with van der Waals surface area (Å²) in [5, 5.41) is 94.6. The van der Waals surface area contributed by atoms with Crippen LogP contribution in [0.3, 0.4) is 0 Å². The van der Waals surface area contributed by atoms with Gasteiger partial charge in [0.25, 0.3) is 0 Å². The third-order valence-electron chi connectivity index (χ3n) is 9.57. The van der Waals surface area contributed by atoms with Gasteiger partial charge in [-0.1, -0.05) is 12.1 Å². The monoisotopic (exact) mass is 768 g/mol. The third kappa shape index (κ3) is 9.59. The van der Waals surface area contributed by atoms with E-state index in [1.165, 1.54) is 51.5 Å². The number of aliphatic hydroxyl groups excluding tert-OH is 7. The standard InChI is InChI=1S/C36H48O18/c1-16-27(41)30(44)31(45)36(51-16)54-34-32(46)35(49-11-10-18-5-8-22(47-2)20(38)12-18)52-25(14-24-29(43)28(42)21(39)15-50-24)33(34)53-26(40)9-6-17-4-7-19(37)23(13-17)48-3/h4-9,12-13,16,21,24-25,27-39,41-46H,10-11,14-15H2,1-3H3/b9-6+/t16-,21-,24+,25+,27-,28-,29-,30+,31+,32+,33+,34+,35+,36-/m0/s1. The number of ether oxygens (including phenoxy) is 8. The van der Waals surface area contributed by atoms with E-state index in [0.29, 0.717) is 11.1 Å². The number of hydrogen-bond acceptors (Lipinski definition) is 18. The molecule has 2 aromatic rings. The molecule has 3 fully saturated rings. The number of aromatic hydroxyl groups is 2. The van der Waals surface area contributed by atoms with Gasteiger partial charge in [-0.25, -0.2) is 4.79 Å². The summed E-state index contributed by atoms with van der Waals surface area (Å²) in [6.07, 6.45) is -19.0. The van der Waals surface area contributed by atoms with Crippen LogP contribution in [-0.2, 0) is 39.6 Å². The minimum absolute atomic E-state index is 0.0891. The molecule has 18 nitrogen and oxygen atoms in total. The zero-order chi connectivity index (χ0) is 39.3. The van der Waals surface area contributed by atoms with Gasteiger partial charge in [-0.3, -0.25) is 0 Å². The normalized spacial score (nSPS) is 35.8. The number of methoxy groups -OCH3 is 2. The van der Waals surface area contributed by atoms with Crippen LogP contribution in [0.25, 0.3) is 6.08 Å². The van der Waals surface area contributed by atoms with Crippen LogP contribution in [0.1, 0.15) is 24.5 Å². The fourth-order valence-corrected chi connectivity index (χ4v) is 6.42. The Morgan fingerprint density at radius 2 is 1.52 bits per heavy atom. The zero-order valence-electron chi connectivity index (χ0n) is 29.7. The lowest BCUT2D eigenvalue weighted by Gasteiger charge is -2.48. The van der Waals surface area contributed by atoms with E-state index in [0.717, 1.165) is 6.08 Å². The SMILES string of the molecule is COc1ccc(CCO[C@@H]2O[C@H](C[C@H]3OC[C@H](O)[C@H](O)[C@H]3O)[C@@H](OC(=O)/C=C/c3ccc(O)c(OC)c3)[C@H](O[C@@H]3O[C@@H](C)[C@H](O)[C@@H](O)[C@H]3O)[C@H]2O)cc1O. The number of carbonyl (C=O) groups is 1. The van der Waals surface area contributed by atoms with Crippen molar-refractivity contribution < 1.29 is 88.6 Å². The summed E-state index contributed by atoms with van der Waals surface area (Å²) in [5.74, 6) is -0.809. The molecule has 9 N–H and O–H groups in total. The van der Waals surface area contributed by atoms with Crippen molar-refractivity contribution in [3.8, 4) is 23.0 Å². The van der Waals surface area contributed by atoms with Gasteiger partial charge in [-0.2, -0.15) is 0 Å². The molecule has 3 aliphatic rings. The fraction of sp³-hybridized carbons (Fsp3) is 0.583. The lowest BCUT2D eigenvalue weighted by Crippen LogP contribution is -2.65. The molecule has 0 saturated carbocycles. The molecule has 18 heteroatoms. The summed E-state index contributed by atoms with van der Waals surface area (Å²) < 4.78 is 45.4. The largest absolute Gasteiger partial charge is 0.504 e. The minimum atomic E-state index is -1.83. The Morgan fingerprint density at radius 1 is 0.778 bits per heavy atom. The molecule has 3 saturated heterocycles. The highest BCUT2D eigenvalue weighted by atomic mass is 16.7. The van der Waals surface area contributed by atoms with Gasteiger partial charge < -0.3 is 83.9 Å². The number of aliphatic hydroxyl groups is 7. The first-order valence-electron chi connectivity index (χ1n) is 17.3. The van der Waals surface area contributed by atoms with Crippen molar-refractivity contribution in [2.45, 2.75) is 106 Å². The molecule has 3 aliphatic heterocycles. The van der Waals surface area contributed by atoms with E-state index < -0.39 is 91.8 Å². The minimum Gasteiger partial charge on any atom is -0.504 e. The van der Waals surface area contributed by atoms with E-state index in [9.17, 15) is 50.8 Å². The maximum Gasteiger partial charge on any atom is 0.331 e. The second-order valence-corrected chi connectivity index (χ2v) is 13.3. The third-order valence-corrected chi connectivity index (χ3v) is 9.57. The average Bonchev–Trinajstić information content (AvgIpc) is 3.15. The molecule has 0 aromatic heterocycles. The Bertz CT molecular complexity index is 1570. The quantitative estimate of drug-likeness (QED) is 0.0826. The molecule has 0 spiro atoms. The number of esters is 1. The molecular weight excluding hydrogens is 720 g/mol. The molecule has 0 bridgehead atoms. The number of phenols is 2. The summed E-state index contributed by atoms with van der Waals surface area (Å²) in [6.45, 7) is 0.981. The van der Waals surface area contributed by atoms with E-state index >= 15 is 0 Å². The molecule has 2 aromatic carbocycles. The van der Waals surface area contributed by atoms with Crippen LogP contribution in [0.2, 0.25) is 0 Å². The van der Waals surface area contributed by atoms with Gasteiger partial charge in [-0.05, 0) is 54.8 Å². The summed E-state index contributed by atoms with van der Waals surface area (Å²) >= 11 is 0. The summed E-state index contributed by atoms with van der Waals surface area (Å²) in [7, 11) is 2.76. The topological polar surface area (TPSA) is 273 Å². The van der Waals surface area contributed by atoms with Crippen LogP contribution in [-0.4, -0.2) is 165 Å². The van der Waals surface area contributed by atoms with Crippen molar-refractivity contribution in [2.24, 2.45) is 0 Å². The van der Waals surface area contributed by atoms with E-state index in [4.69, 9.17) is 37.9 Å². The van der Waals surface area contributed by atoms with Gasteiger partial charge in [0.1, 0.15) is 54.9 Å². The van der Waals surface area contributed by atoms with Crippen molar-refractivity contribution >= 4 is 12.0 Å². The van der Waals surface area contributed by atoms with Crippen molar-refractivity contribution in [2.75, 3.05) is 27.4 Å². The van der Waals surface area contributed by atoms with Crippen LogP contribution < -0.4 is 9.47 Å². The highest BCUT2D eigenvalue weighted by molar-refractivity contribution is 5.87. The number of phenolic OH excluding ortho intramolecular Hbond substituents is 2. The summed E-state index contributed by atoms with van der Waals surface area (Å²) in [6, 6.07) is 9.04. The summed E-state index contributed by atoms with van der Waals surface area (Å²) in [4.78, 5) is 13.4. The van der Waals surface area contributed by atoms with Gasteiger partial charge >= 0.3 is 5.97 Å². The Hall–Kier alpha value is -3.63. The van der Waals surface area contributed by atoms with Crippen molar-refractivity contribution in [1.82, 2.24) is 0 Å². The van der Waals surface area contributed by atoms with Crippen LogP contribution in [0, 0.1) is 0 Å². The van der Waals surface area contributed by atoms with E-state index in [2.05, 4.69) is 0 Å². The van der Waals surface area contributed by atoms with Crippen LogP contribution in [0.5, 0.6) is 23.0 Å². The number of carbonyl (C=O) groups excluding carboxylic acids is 1. The fourth-order valence-electron chi connectivity index (χ4n) is 6.42. The smallest absolute Gasteiger partial charge is 0.331 e. The Labute approximate surface area is 310 Å². The second kappa shape index (κ2) is 18.3. The predicted octanol–water partition coefficient (Wildman–Crippen LogP) is -1.53. The van der Waals surface area contributed by atoms with E-state index in [-0.39, 0.29) is 49.1 Å². The molecule has 0 radical (unpaired) electrons. The van der Waals surface area contributed by atoms with Crippen molar-refractivity contribution in [3.63, 3.8) is 0 Å². The molecule has 0 aliphatic carbocycles. The lowest BCUT2D eigenvalue weighted by molar-refractivity contribution is -0.358. The van der Waals surface area contributed by atoms with Gasteiger partial charge in [0.05, 0.1) is 39.6 Å². The molecule has 3 heterocycles. The summed E-state index contributed by atoms with van der Waals surface area (Å²) in [5.41, 5.74) is 1.08. The predicted molar refractivity (Wildman–Crippen MR) is 182 cm³/mol. The van der Waals surface area contributed by atoms with Crippen molar-refractivity contribution in [3.05, 3.63) is 53.6 Å². The van der Waals surface area contributed by atoms with E-state index in [1.54, 1.807) is 12.1 Å². The van der Waals surface area contributed by atoms with Gasteiger partial charge in [0, 0.05) is 12.5 Å². The number of benzene rings is 2. The lowest BCUT2D eigenvalue weighted by atomic mass is 9.90.